The van der Waals surface area contributed by atoms with Crippen molar-refractivity contribution < 1.29 is 27.6 Å². The molecule has 0 aliphatic rings. The Kier molecular flexibility index (Phi) is 6.91. The molecule has 0 unspecified atom stereocenters. The lowest BCUT2D eigenvalue weighted by Gasteiger charge is -2.12. The minimum Gasteiger partial charge on any atom is -0.506 e. The Bertz CT molecular complexity index is 1540. The van der Waals surface area contributed by atoms with Gasteiger partial charge in [-0.25, -0.2) is 22.8 Å². The van der Waals surface area contributed by atoms with Gasteiger partial charge in [0, 0.05) is 36.0 Å². The molecule has 2 aromatic heterocycles. The number of nitrogens with zero attached hydrogens (tertiary/aromatic N) is 3. The Morgan fingerprint density at radius 2 is 2.00 bits per heavy atom. The third-order valence-corrected chi connectivity index (χ3v) is 6.93. The van der Waals surface area contributed by atoms with Gasteiger partial charge < -0.3 is 19.0 Å². The monoisotopic (exact) mass is 563 g/mol. The van der Waals surface area contributed by atoms with Crippen LogP contribution in [0.2, 0.25) is 0 Å². The third-order valence-electron chi connectivity index (χ3n) is 5.73. The second-order valence-electron chi connectivity index (χ2n) is 7.73. The number of esters is 1. The summed E-state index contributed by atoms with van der Waals surface area (Å²) in [5, 5.41) is 11.4. The topological polar surface area (TPSA) is 86.4 Å². The zero-order chi connectivity index (χ0) is 25.4. The zero-order valence-electron chi connectivity index (χ0n) is 18.9. The maximum Gasteiger partial charge on any atom is 0.341 e. The van der Waals surface area contributed by atoms with E-state index in [1.54, 1.807) is 48.5 Å². The van der Waals surface area contributed by atoms with Gasteiger partial charge in [0.15, 0.2) is 11.6 Å². The van der Waals surface area contributed by atoms with Gasteiger partial charge in [0.05, 0.1) is 50.5 Å². The fourth-order valence-electron chi connectivity index (χ4n) is 4.05. The summed E-state index contributed by atoms with van der Waals surface area (Å²) in [6, 6.07) is 4.72. The summed E-state index contributed by atoms with van der Waals surface area (Å²) in [6.07, 6.45) is 3.36. The first-order valence-electron chi connectivity index (χ1n) is 10.5. The number of fused-ring (bicyclic) bond motifs is 1. The van der Waals surface area contributed by atoms with Crippen LogP contribution in [0, 0.1) is 18.6 Å². The van der Waals surface area contributed by atoms with Crippen molar-refractivity contribution in [3.05, 3.63) is 81.0 Å². The highest BCUT2D eigenvalue weighted by molar-refractivity contribution is 9.10. The number of ether oxygens (including phenoxy) is 1. The van der Waals surface area contributed by atoms with Crippen LogP contribution in [0.25, 0.3) is 10.9 Å². The van der Waals surface area contributed by atoms with Gasteiger partial charge in [-0.2, -0.15) is 0 Å². The van der Waals surface area contributed by atoms with Crippen LogP contribution in [0.1, 0.15) is 39.9 Å². The molecule has 11 heteroatoms. The lowest BCUT2D eigenvalue weighted by atomic mass is 10.0. The van der Waals surface area contributed by atoms with Crippen LogP contribution in [-0.2, 0) is 29.6 Å². The molecule has 0 fully saturated rings. The number of aromatic hydroxyl groups is 1. The van der Waals surface area contributed by atoms with Crippen LogP contribution in [0.5, 0.6) is 5.75 Å². The van der Waals surface area contributed by atoms with Crippen LogP contribution in [0.4, 0.5) is 8.78 Å². The maximum absolute atomic E-state index is 14.0. The number of carbonyl (C=O) groups excluding carboxylic acids is 1. The fraction of sp³-hybridized carbons (Fsp3) is 0.208. The van der Waals surface area contributed by atoms with E-state index in [9.17, 15) is 22.9 Å². The lowest BCUT2D eigenvalue weighted by molar-refractivity contribution is 0.0528. The standard InChI is InChI=1S/C24H20BrF2N3O4S/c1-4-34-24(32)20-19-14(11-30-8-7-28-12(30)2)22(31)15(25)10-18(19)29(3)21(20)23(35-33)13-5-6-16(26)17(27)9-13/h5-10,31H,4,11H2,1-3H3. The predicted octanol–water partition coefficient (Wildman–Crippen LogP) is 4.44. The van der Waals surface area contributed by atoms with Gasteiger partial charge in [0.25, 0.3) is 0 Å². The van der Waals surface area contributed by atoms with Crippen molar-refractivity contribution in [2.24, 2.45) is 7.05 Å². The highest BCUT2D eigenvalue weighted by atomic mass is 79.9. The number of halogens is 3. The lowest BCUT2D eigenvalue weighted by Crippen LogP contribution is -2.16. The molecule has 0 saturated carbocycles. The van der Waals surface area contributed by atoms with E-state index in [1.807, 2.05) is 0 Å². The molecule has 0 amide bonds. The number of carbonyl (C=O) groups is 1. The van der Waals surface area contributed by atoms with Crippen LogP contribution < -0.4 is 0 Å². The van der Waals surface area contributed by atoms with E-state index in [0.29, 0.717) is 26.8 Å². The van der Waals surface area contributed by atoms with Gasteiger partial charge in [-0.3, -0.25) is 0 Å². The Morgan fingerprint density at radius 3 is 2.60 bits per heavy atom. The number of hydrogen-bond donors (Lipinski definition) is 1. The second kappa shape index (κ2) is 9.74. The molecule has 0 atom stereocenters. The number of imidazole rings is 1. The highest BCUT2D eigenvalue weighted by Crippen LogP contribution is 2.40. The minimum absolute atomic E-state index is 0.00558. The summed E-state index contributed by atoms with van der Waals surface area (Å²) in [5.74, 6) is -2.29. The fourth-order valence-corrected chi connectivity index (χ4v) is 5.05. The van der Waals surface area contributed by atoms with E-state index >= 15 is 0 Å². The summed E-state index contributed by atoms with van der Waals surface area (Å²) in [7, 11) is 1.65. The number of aromatic nitrogens is 3. The number of phenolic OH excluding ortho intramolecular Hbond substituents is 1. The third kappa shape index (κ3) is 4.30. The Morgan fingerprint density at radius 1 is 1.26 bits per heavy atom. The van der Waals surface area contributed by atoms with Crippen molar-refractivity contribution in [3.8, 4) is 5.75 Å². The van der Waals surface area contributed by atoms with Gasteiger partial charge >= 0.3 is 5.97 Å². The van der Waals surface area contributed by atoms with Crippen molar-refractivity contribution in [2.45, 2.75) is 20.4 Å². The summed E-state index contributed by atoms with van der Waals surface area (Å²) in [6.45, 7) is 3.69. The van der Waals surface area contributed by atoms with Crippen molar-refractivity contribution in [1.82, 2.24) is 14.1 Å². The number of phenols is 1. The van der Waals surface area contributed by atoms with Crippen LogP contribution >= 0.6 is 15.9 Å². The molecule has 0 aliphatic carbocycles. The number of rotatable bonds is 6. The molecule has 4 rings (SSSR count). The average Bonchev–Trinajstić information content (AvgIpc) is 3.35. The quantitative estimate of drug-likeness (QED) is 0.213. The van der Waals surface area contributed by atoms with Crippen LogP contribution in [0.15, 0.2) is 41.1 Å². The van der Waals surface area contributed by atoms with E-state index in [0.717, 1.165) is 12.1 Å². The van der Waals surface area contributed by atoms with Crippen molar-refractivity contribution in [3.63, 3.8) is 0 Å². The van der Waals surface area contributed by atoms with E-state index in [1.165, 1.54) is 6.07 Å². The first-order valence-corrected chi connectivity index (χ1v) is 12.0. The van der Waals surface area contributed by atoms with Crippen LogP contribution in [0.3, 0.4) is 0 Å². The van der Waals surface area contributed by atoms with Gasteiger partial charge in [0.2, 0.25) is 0 Å². The van der Waals surface area contributed by atoms with E-state index < -0.39 is 17.6 Å². The largest absolute Gasteiger partial charge is 0.506 e. The molecule has 35 heavy (non-hydrogen) atoms. The molecule has 0 radical (unpaired) electrons. The zero-order valence-corrected chi connectivity index (χ0v) is 21.3. The molecule has 0 bridgehead atoms. The molecular weight excluding hydrogens is 544 g/mol. The van der Waals surface area contributed by atoms with Crippen molar-refractivity contribution >= 4 is 48.9 Å². The highest BCUT2D eigenvalue weighted by Gasteiger charge is 2.30. The Labute approximate surface area is 211 Å². The molecule has 182 valence electrons. The second-order valence-corrected chi connectivity index (χ2v) is 9.16. The Balaban J connectivity index is 2.11. The van der Waals surface area contributed by atoms with Gasteiger partial charge in [-0.15, -0.1) is 0 Å². The molecule has 7 nitrogen and oxygen atoms in total. The summed E-state index contributed by atoms with van der Waals surface area (Å²) in [5.41, 5.74) is 1.25. The predicted molar refractivity (Wildman–Crippen MR) is 132 cm³/mol. The van der Waals surface area contributed by atoms with E-state index in [-0.39, 0.29) is 51.8 Å². The average molecular weight is 564 g/mol. The number of aryl methyl sites for hydroxylation is 2. The smallest absolute Gasteiger partial charge is 0.341 e. The molecule has 0 spiro atoms. The summed E-state index contributed by atoms with van der Waals surface area (Å²) in [4.78, 5) is 17.5. The van der Waals surface area contributed by atoms with E-state index in [4.69, 9.17) is 4.74 Å². The van der Waals surface area contributed by atoms with Crippen molar-refractivity contribution in [1.29, 1.82) is 0 Å². The molecule has 1 N–H and O–H groups in total. The summed E-state index contributed by atoms with van der Waals surface area (Å²) >= 11 is 3.42. The molecule has 4 aromatic rings. The first-order chi connectivity index (χ1) is 16.7. The minimum atomic E-state index is -1.12. The normalized spacial score (nSPS) is 11.1. The molecule has 0 aliphatic heterocycles. The Hall–Kier alpha value is -3.31. The molecule has 2 heterocycles. The van der Waals surface area contributed by atoms with Crippen LogP contribution in [-0.4, -0.2) is 40.9 Å². The maximum atomic E-state index is 14.0. The summed E-state index contributed by atoms with van der Waals surface area (Å²) < 4.78 is 49.1. The van der Waals surface area contributed by atoms with Gasteiger partial charge in [0.1, 0.15) is 11.6 Å². The number of hydrogen-bond acceptors (Lipinski definition) is 5. The van der Waals surface area contributed by atoms with Gasteiger partial charge in [-0.05, 0) is 48.0 Å². The first kappa shape index (κ1) is 24.8. The molecule has 0 saturated heterocycles. The van der Waals surface area contributed by atoms with Gasteiger partial charge in [-0.1, -0.05) is 6.07 Å². The molecule has 2 aromatic carbocycles. The van der Waals surface area contributed by atoms with E-state index in [2.05, 4.69) is 20.9 Å². The number of benzene rings is 2. The van der Waals surface area contributed by atoms with Crippen molar-refractivity contribution in [2.75, 3.05) is 6.61 Å². The SMILES string of the molecule is CCOC(=O)c1c(C(=S=O)c2ccc(F)c(F)c2)n(C)c2cc(Br)c(O)c(Cn3ccnc3C)c12. The molecular formula is C24H20BrF2N3O4S.